The first-order valence-electron chi connectivity index (χ1n) is 7.30. The standard InChI is InChI=1S/C17H13BrFN3O3/c1-17(15(24)21-16(25)22-17)9-3-2-4-11(7-9)20-14(23)12-8-10(18)5-6-13(12)19/h2-8H,1H3,(H,20,23)(H2,21,22,24,25). The zero-order valence-electron chi connectivity index (χ0n) is 13.0. The fourth-order valence-corrected chi connectivity index (χ4v) is 2.89. The number of anilines is 1. The van der Waals surface area contributed by atoms with Gasteiger partial charge in [-0.25, -0.2) is 9.18 Å². The van der Waals surface area contributed by atoms with Crippen molar-refractivity contribution in [1.29, 1.82) is 0 Å². The molecule has 1 aliphatic rings. The molecule has 0 aromatic heterocycles. The Labute approximate surface area is 150 Å². The number of rotatable bonds is 3. The van der Waals surface area contributed by atoms with Gasteiger partial charge in [-0.3, -0.25) is 14.9 Å². The summed E-state index contributed by atoms with van der Waals surface area (Å²) in [5, 5.41) is 7.31. The number of benzene rings is 2. The molecule has 1 atom stereocenters. The predicted molar refractivity (Wildman–Crippen MR) is 92.5 cm³/mol. The normalized spacial score (nSPS) is 19.3. The Hall–Kier alpha value is -2.74. The molecule has 0 spiro atoms. The highest BCUT2D eigenvalue weighted by atomic mass is 79.9. The first-order valence-corrected chi connectivity index (χ1v) is 8.09. The lowest BCUT2D eigenvalue weighted by Crippen LogP contribution is -2.40. The summed E-state index contributed by atoms with van der Waals surface area (Å²) in [6.45, 7) is 1.56. The number of imide groups is 1. The van der Waals surface area contributed by atoms with Gasteiger partial charge in [-0.05, 0) is 42.8 Å². The number of carbonyl (C=O) groups excluding carboxylic acids is 3. The van der Waals surface area contributed by atoms with Gasteiger partial charge >= 0.3 is 6.03 Å². The Kier molecular flexibility index (Phi) is 4.30. The summed E-state index contributed by atoms with van der Waals surface area (Å²) in [6, 6.07) is 9.92. The largest absolute Gasteiger partial charge is 0.322 e. The molecule has 1 heterocycles. The highest BCUT2D eigenvalue weighted by Crippen LogP contribution is 2.27. The van der Waals surface area contributed by atoms with Crippen LogP contribution >= 0.6 is 15.9 Å². The molecule has 1 aliphatic heterocycles. The van der Waals surface area contributed by atoms with Crippen molar-refractivity contribution in [2.24, 2.45) is 0 Å². The molecule has 0 bridgehead atoms. The second kappa shape index (κ2) is 6.29. The van der Waals surface area contributed by atoms with E-state index < -0.39 is 29.2 Å². The number of amides is 4. The molecule has 2 aromatic carbocycles. The molecule has 3 rings (SSSR count). The second-order valence-corrected chi connectivity index (χ2v) is 6.61. The highest BCUT2D eigenvalue weighted by Gasteiger charge is 2.43. The van der Waals surface area contributed by atoms with E-state index in [1.165, 1.54) is 18.2 Å². The topological polar surface area (TPSA) is 87.3 Å². The Morgan fingerprint density at radius 1 is 1.20 bits per heavy atom. The molecular weight excluding hydrogens is 393 g/mol. The van der Waals surface area contributed by atoms with Crippen molar-refractivity contribution in [2.45, 2.75) is 12.5 Å². The third-order valence-corrected chi connectivity index (χ3v) is 4.41. The predicted octanol–water partition coefficient (Wildman–Crippen LogP) is 2.90. The first kappa shape index (κ1) is 17.1. The van der Waals surface area contributed by atoms with Crippen LogP contribution in [0.3, 0.4) is 0 Å². The van der Waals surface area contributed by atoms with E-state index in [1.807, 2.05) is 0 Å². The molecule has 6 nitrogen and oxygen atoms in total. The van der Waals surface area contributed by atoms with Crippen LogP contribution in [0.15, 0.2) is 46.9 Å². The highest BCUT2D eigenvalue weighted by molar-refractivity contribution is 9.10. The van der Waals surface area contributed by atoms with Crippen LogP contribution in [0.4, 0.5) is 14.9 Å². The smallest absolute Gasteiger partial charge is 0.322 e. The molecule has 3 N–H and O–H groups in total. The van der Waals surface area contributed by atoms with Crippen LogP contribution in [-0.4, -0.2) is 17.8 Å². The molecule has 1 unspecified atom stereocenters. The van der Waals surface area contributed by atoms with Crippen LogP contribution in [0.2, 0.25) is 0 Å². The van der Waals surface area contributed by atoms with Crippen molar-refractivity contribution in [3.8, 4) is 0 Å². The van der Waals surface area contributed by atoms with E-state index in [0.29, 0.717) is 15.7 Å². The molecule has 4 amide bonds. The van der Waals surface area contributed by atoms with Gasteiger partial charge in [-0.1, -0.05) is 28.1 Å². The number of urea groups is 1. The van der Waals surface area contributed by atoms with Crippen molar-refractivity contribution in [3.63, 3.8) is 0 Å². The summed E-state index contributed by atoms with van der Waals surface area (Å²) in [4.78, 5) is 35.7. The van der Waals surface area contributed by atoms with E-state index in [0.717, 1.165) is 0 Å². The van der Waals surface area contributed by atoms with E-state index in [-0.39, 0.29) is 5.56 Å². The third kappa shape index (κ3) is 3.25. The van der Waals surface area contributed by atoms with E-state index in [9.17, 15) is 18.8 Å². The van der Waals surface area contributed by atoms with Gasteiger partial charge in [0.05, 0.1) is 5.56 Å². The average molecular weight is 406 g/mol. The van der Waals surface area contributed by atoms with Crippen molar-refractivity contribution in [3.05, 3.63) is 63.9 Å². The summed E-state index contributed by atoms with van der Waals surface area (Å²) >= 11 is 3.19. The zero-order valence-corrected chi connectivity index (χ0v) is 14.6. The Morgan fingerprint density at radius 2 is 1.96 bits per heavy atom. The minimum absolute atomic E-state index is 0.113. The van der Waals surface area contributed by atoms with E-state index in [1.54, 1.807) is 31.2 Å². The summed E-state index contributed by atoms with van der Waals surface area (Å²) in [5.41, 5.74) is -0.489. The molecule has 1 fully saturated rings. The van der Waals surface area contributed by atoms with Crippen molar-refractivity contribution >= 4 is 39.5 Å². The summed E-state index contributed by atoms with van der Waals surface area (Å²) in [5.74, 6) is -1.76. The van der Waals surface area contributed by atoms with Crippen LogP contribution in [0.25, 0.3) is 0 Å². The molecule has 0 saturated carbocycles. The molecule has 128 valence electrons. The maximum Gasteiger partial charge on any atom is 0.322 e. The molecule has 0 radical (unpaired) electrons. The van der Waals surface area contributed by atoms with Gasteiger partial charge in [-0.2, -0.15) is 0 Å². The van der Waals surface area contributed by atoms with Gasteiger partial charge in [0, 0.05) is 10.2 Å². The number of hydrogen-bond acceptors (Lipinski definition) is 3. The number of halogens is 2. The van der Waals surface area contributed by atoms with Crippen LogP contribution in [-0.2, 0) is 10.3 Å². The van der Waals surface area contributed by atoms with Gasteiger partial charge in [-0.15, -0.1) is 0 Å². The van der Waals surface area contributed by atoms with Gasteiger partial charge in [0.15, 0.2) is 0 Å². The quantitative estimate of drug-likeness (QED) is 0.686. The summed E-state index contributed by atoms with van der Waals surface area (Å²) < 4.78 is 14.4. The van der Waals surface area contributed by atoms with Crippen molar-refractivity contribution < 1.29 is 18.8 Å². The number of hydrogen-bond donors (Lipinski definition) is 3. The average Bonchev–Trinajstić information content (AvgIpc) is 2.83. The zero-order chi connectivity index (χ0) is 18.2. The fraction of sp³-hybridized carbons (Fsp3) is 0.118. The van der Waals surface area contributed by atoms with Crippen molar-refractivity contribution in [2.75, 3.05) is 5.32 Å². The molecule has 2 aromatic rings. The van der Waals surface area contributed by atoms with Gasteiger partial charge in [0.2, 0.25) is 0 Å². The Bertz CT molecular complexity index is 902. The lowest BCUT2D eigenvalue weighted by atomic mass is 9.92. The van der Waals surface area contributed by atoms with E-state index in [2.05, 4.69) is 31.9 Å². The Morgan fingerprint density at radius 3 is 2.64 bits per heavy atom. The third-order valence-electron chi connectivity index (χ3n) is 3.92. The second-order valence-electron chi connectivity index (χ2n) is 5.69. The monoisotopic (exact) mass is 405 g/mol. The fourth-order valence-electron chi connectivity index (χ4n) is 2.52. The number of carbonyl (C=O) groups is 3. The summed E-state index contributed by atoms with van der Waals surface area (Å²) in [7, 11) is 0. The summed E-state index contributed by atoms with van der Waals surface area (Å²) in [6.07, 6.45) is 0. The molecule has 1 saturated heterocycles. The first-order chi connectivity index (χ1) is 11.8. The van der Waals surface area contributed by atoms with Crippen LogP contribution < -0.4 is 16.0 Å². The minimum Gasteiger partial charge on any atom is -0.322 e. The molecular formula is C17H13BrFN3O3. The molecule has 0 aliphatic carbocycles. The van der Waals surface area contributed by atoms with Gasteiger partial charge in [0.25, 0.3) is 11.8 Å². The SMILES string of the molecule is CC1(c2cccc(NC(=O)c3cc(Br)ccc3F)c2)NC(=O)NC1=O. The molecule has 25 heavy (non-hydrogen) atoms. The van der Waals surface area contributed by atoms with Crippen LogP contribution in [0, 0.1) is 5.82 Å². The number of nitrogens with one attached hydrogen (secondary N) is 3. The van der Waals surface area contributed by atoms with Crippen LogP contribution in [0.5, 0.6) is 0 Å². The van der Waals surface area contributed by atoms with Crippen molar-refractivity contribution in [1.82, 2.24) is 10.6 Å². The van der Waals surface area contributed by atoms with Crippen LogP contribution in [0.1, 0.15) is 22.8 Å². The van der Waals surface area contributed by atoms with E-state index >= 15 is 0 Å². The maximum atomic E-state index is 13.8. The van der Waals surface area contributed by atoms with Gasteiger partial charge < -0.3 is 10.6 Å². The lowest BCUT2D eigenvalue weighted by Gasteiger charge is -2.21. The Balaban J connectivity index is 1.87. The lowest BCUT2D eigenvalue weighted by molar-refractivity contribution is -0.123. The molecule has 8 heteroatoms. The minimum atomic E-state index is -1.24. The van der Waals surface area contributed by atoms with E-state index in [4.69, 9.17) is 0 Å². The maximum absolute atomic E-state index is 13.8. The van der Waals surface area contributed by atoms with Gasteiger partial charge in [0.1, 0.15) is 11.4 Å².